The van der Waals surface area contributed by atoms with Crippen LogP contribution in [-0.2, 0) is 4.79 Å². The number of fused-ring (bicyclic) bond motifs is 1. The summed E-state index contributed by atoms with van der Waals surface area (Å²) >= 11 is 0. The zero-order valence-electron chi connectivity index (χ0n) is 9.46. The molecule has 0 heterocycles. The summed E-state index contributed by atoms with van der Waals surface area (Å²) < 4.78 is 0. The molecule has 3 atom stereocenters. The average Bonchev–Trinajstić information content (AvgIpc) is 2.18. The van der Waals surface area contributed by atoms with Crippen molar-refractivity contribution in [3.8, 4) is 0 Å². The molecule has 14 heavy (non-hydrogen) atoms. The van der Waals surface area contributed by atoms with E-state index in [2.05, 4.69) is 13.8 Å². The third kappa shape index (κ3) is 1.62. The Labute approximate surface area is 87.3 Å². The summed E-state index contributed by atoms with van der Waals surface area (Å²) in [5.74, 6) is 1.92. The molecule has 0 aliphatic heterocycles. The first-order valence-corrected chi connectivity index (χ1v) is 6.10. The van der Waals surface area contributed by atoms with Gasteiger partial charge in [0.2, 0.25) is 0 Å². The highest BCUT2D eigenvalue weighted by Gasteiger charge is 2.44. The van der Waals surface area contributed by atoms with Gasteiger partial charge in [0.25, 0.3) is 0 Å². The third-order valence-electron chi connectivity index (χ3n) is 4.67. The van der Waals surface area contributed by atoms with E-state index in [0.29, 0.717) is 17.3 Å². The zero-order chi connectivity index (χ0) is 10.2. The molecule has 1 heteroatoms. The van der Waals surface area contributed by atoms with Crippen LogP contribution in [0.15, 0.2) is 0 Å². The van der Waals surface area contributed by atoms with Crippen molar-refractivity contribution in [2.45, 2.75) is 52.4 Å². The topological polar surface area (TPSA) is 17.1 Å². The molecule has 0 aromatic heterocycles. The Hall–Kier alpha value is -0.330. The first-order chi connectivity index (χ1) is 6.65. The lowest BCUT2D eigenvalue weighted by Crippen LogP contribution is -2.42. The van der Waals surface area contributed by atoms with E-state index in [1.165, 1.54) is 38.4 Å². The molecule has 2 rings (SSSR count). The molecule has 3 unspecified atom stereocenters. The van der Waals surface area contributed by atoms with Gasteiger partial charge in [0.1, 0.15) is 6.29 Å². The van der Waals surface area contributed by atoms with Crippen LogP contribution in [0.4, 0.5) is 0 Å². The van der Waals surface area contributed by atoms with E-state index < -0.39 is 0 Å². The predicted octanol–water partition coefficient (Wildman–Crippen LogP) is 3.43. The molecule has 0 aromatic rings. The van der Waals surface area contributed by atoms with Crippen molar-refractivity contribution in [1.29, 1.82) is 0 Å². The summed E-state index contributed by atoms with van der Waals surface area (Å²) in [6.07, 6.45) is 9.02. The van der Waals surface area contributed by atoms with E-state index in [1.54, 1.807) is 0 Å². The van der Waals surface area contributed by atoms with Gasteiger partial charge in [0, 0.05) is 5.92 Å². The standard InChI is InChI=1S/C13H22O/c1-13(2)8-7-10(9-14)11-5-3-4-6-12(11)13/h9-12H,3-8H2,1-2H3. The van der Waals surface area contributed by atoms with Crippen molar-refractivity contribution in [3.63, 3.8) is 0 Å². The first-order valence-electron chi connectivity index (χ1n) is 6.10. The Morgan fingerprint density at radius 1 is 1.14 bits per heavy atom. The van der Waals surface area contributed by atoms with E-state index in [9.17, 15) is 4.79 Å². The number of carbonyl (C=O) groups is 1. The highest BCUT2D eigenvalue weighted by atomic mass is 16.1. The fraction of sp³-hybridized carbons (Fsp3) is 0.923. The van der Waals surface area contributed by atoms with E-state index in [-0.39, 0.29) is 0 Å². The zero-order valence-corrected chi connectivity index (χ0v) is 9.46. The summed E-state index contributed by atoms with van der Waals surface area (Å²) in [6, 6.07) is 0. The number of hydrogen-bond donors (Lipinski definition) is 0. The normalized spacial score (nSPS) is 41.4. The molecule has 0 N–H and O–H groups in total. The molecule has 0 amide bonds. The lowest BCUT2D eigenvalue weighted by Gasteiger charge is -2.49. The molecule has 2 fully saturated rings. The van der Waals surface area contributed by atoms with Gasteiger partial charge in [-0.15, -0.1) is 0 Å². The van der Waals surface area contributed by atoms with Crippen molar-refractivity contribution in [2.24, 2.45) is 23.2 Å². The van der Waals surface area contributed by atoms with E-state index in [1.807, 2.05) is 0 Å². The lowest BCUT2D eigenvalue weighted by atomic mass is 9.56. The summed E-state index contributed by atoms with van der Waals surface area (Å²) in [4.78, 5) is 11.0. The van der Waals surface area contributed by atoms with Crippen LogP contribution in [0.5, 0.6) is 0 Å². The van der Waals surface area contributed by atoms with Crippen molar-refractivity contribution < 1.29 is 4.79 Å². The Kier molecular flexibility index (Phi) is 2.68. The molecule has 2 saturated carbocycles. The smallest absolute Gasteiger partial charge is 0.123 e. The quantitative estimate of drug-likeness (QED) is 0.584. The van der Waals surface area contributed by atoms with E-state index in [0.717, 1.165) is 12.3 Å². The Balaban J connectivity index is 2.17. The van der Waals surface area contributed by atoms with Gasteiger partial charge in [-0.2, -0.15) is 0 Å². The molecular formula is C13H22O. The molecule has 2 aliphatic rings. The van der Waals surface area contributed by atoms with Gasteiger partial charge in [0.15, 0.2) is 0 Å². The number of hydrogen-bond acceptors (Lipinski definition) is 1. The summed E-state index contributed by atoms with van der Waals surface area (Å²) in [7, 11) is 0. The monoisotopic (exact) mass is 194 g/mol. The number of rotatable bonds is 1. The molecule has 0 saturated heterocycles. The van der Waals surface area contributed by atoms with Crippen molar-refractivity contribution in [3.05, 3.63) is 0 Å². The van der Waals surface area contributed by atoms with Crippen LogP contribution >= 0.6 is 0 Å². The largest absolute Gasteiger partial charge is 0.303 e. The van der Waals surface area contributed by atoms with Gasteiger partial charge in [-0.25, -0.2) is 0 Å². The van der Waals surface area contributed by atoms with Gasteiger partial charge >= 0.3 is 0 Å². The molecule has 2 aliphatic carbocycles. The van der Waals surface area contributed by atoms with Gasteiger partial charge in [0.05, 0.1) is 0 Å². The van der Waals surface area contributed by atoms with Crippen molar-refractivity contribution >= 4 is 6.29 Å². The Bertz CT molecular complexity index is 219. The second-order valence-electron chi connectivity index (χ2n) is 5.88. The minimum atomic E-state index is 0.383. The predicted molar refractivity (Wildman–Crippen MR) is 58.0 cm³/mol. The maximum Gasteiger partial charge on any atom is 0.123 e. The Morgan fingerprint density at radius 3 is 2.57 bits per heavy atom. The number of carbonyl (C=O) groups excluding carboxylic acids is 1. The van der Waals surface area contributed by atoms with Crippen LogP contribution in [-0.4, -0.2) is 6.29 Å². The minimum absolute atomic E-state index is 0.383. The van der Waals surface area contributed by atoms with Crippen molar-refractivity contribution in [2.75, 3.05) is 0 Å². The fourth-order valence-corrected chi connectivity index (χ4v) is 3.75. The molecule has 0 aromatic carbocycles. The Morgan fingerprint density at radius 2 is 1.86 bits per heavy atom. The van der Waals surface area contributed by atoms with E-state index in [4.69, 9.17) is 0 Å². The van der Waals surface area contributed by atoms with Crippen LogP contribution in [0, 0.1) is 23.2 Å². The van der Waals surface area contributed by atoms with Crippen LogP contribution < -0.4 is 0 Å². The highest BCUT2D eigenvalue weighted by molar-refractivity contribution is 5.54. The lowest BCUT2D eigenvalue weighted by molar-refractivity contribution is -0.118. The average molecular weight is 194 g/mol. The van der Waals surface area contributed by atoms with Crippen LogP contribution in [0.25, 0.3) is 0 Å². The summed E-state index contributed by atoms with van der Waals surface area (Å²) in [5, 5.41) is 0. The second-order valence-corrected chi connectivity index (χ2v) is 5.88. The molecule has 1 nitrogen and oxygen atoms in total. The SMILES string of the molecule is CC1(C)CCC(C=O)C2CCCCC21. The first kappa shape index (κ1) is 10.2. The maximum atomic E-state index is 11.0. The van der Waals surface area contributed by atoms with Gasteiger partial charge in [-0.1, -0.05) is 26.7 Å². The van der Waals surface area contributed by atoms with Crippen LogP contribution in [0.3, 0.4) is 0 Å². The molecule has 80 valence electrons. The number of aldehydes is 1. The highest BCUT2D eigenvalue weighted by Crippen LogP contribution is 2.52. The fourth-order valence-electron chi connectivity index (χ4n) is 3.75. The summed E-state index contributed by atoms with van der Waals surface area (Å²) in [6.45, 7) is 4.80. The second kappa shape index (κ2) is 3.67. The van der Waals surface area contributed by atoms with E-state index >= 15 is 0 Å². The van der Waals surface area contributed by atoms with Gasteiger partial charge in [-0.05, 0) is 42.9 Å². The van der Waals surface area contributed by atoms with Gasteiger partial charge < -0.3 is 4.79 Å². The van der Waals surface area contributed by atoms with Crippen LogP contribution in [0.2, 0.25) is 0 Å². The van der Waals surface area contributed by atoms with Crippen LogP contribution in [0.1, 0.15) is 52.4 Å². The maximum absolute atomic E-state index is 11.0. The minimum Gasteiger partial charge on any atom is -0.303 e. The molecule has 0 spiro atoms. The summed E-state index contributed by atoms with van der Waals surface area (Å²) in [5.41, 5.74) is 0.491. The van der Waals surface area contributed by atoms with Crippen molar-refractivity contribution in [1.82, 2.24) is 0 Å². The molecule has 0 radical (unpaired) electrons. The van der Waals surface area contributed by atoms with Gasteiger partial charge in [-0.3, -0.25) is 0 Å². The third-order valence-corrected chi connectivity index (χ3v) is 4.67. The molecular weight excluding hydrogens is 172 g/mol. The molecule has 0 bridgehead atoms.